The highest BCUT2D eigenvalue weighted by atomic mass is 32.1. The average molecular weight is 362 g/mol. The minimum Gasteiger partial charge on any atom is -0.415 e. The van der Waals surface area contributed by atoms with Crippen LogP contribution in [0.25, 0.3) is 10.4 Å². The van der Waals surface area contributed by atoms with Crippen molar-refractivity contribution in [1.82, 2.24) is 0 Å². The van der Waals surface area contributed by atoms with E-state index < -0.39 is 8.32 Å². The molecule has 0 aliphatic rings. The van der Waals surface area contributed by atoms with Gasteiger partial charge in [0.2, 0.25) is 0 Å². The summed E-state index contributed by atoms with van der Waals surface area (Å²) in [5.74, 6) is 0. The van der Waals surface area contributed by atoms with Gasteiger partial charge in [0, 0.05) is 23.7 Å². The van der Waals surface area contributed by atoms with E-state index in [1.807, 2.05) is 0 Å². The second kappa shape index (κ2) is 7.85. The lowest BCUT2D eigenvalue weighted by Gasteiger charge is -2.37. The van der Waals surface area contributed by atoms with Crippen LogP contribution in [-0.4, -0.2) is 28.0 Å². The summed E-state index contributed by atoms with van der Waals surface area (Å²) in [6.45, 7) is 16.5. The van der Waals surface area contributed by atoms with Crippen molar-refractivity contribution in [3.8, 4) is 10.4 Å². The molecule has 1 heterocycles. The van der Waals surface area contributed by atoms with Crippen molar-refractivity contribution in [2.24, 2.45) is 0 Å². The predicted molar refractivity (Wildman–Crippen MR) is 111 cm³/mol. The average Bonchev–Trinajstić information content (AvgIpc) is 3.05. The first-order valence-corrected chi connectivity index (χ1v) is 12.6. The number of hydrogen-bond donors (Lipinski definition) is 0. The molecule has 1 aromatic heterocycles. The molecule has 2 aromatic rings. The van der Waals surface area contributed by atoms with Crippen molar-refractivity contribution in [3.05, 3.63) is 41.8 Å². The fourth-order valence-electron chi connectivity index (χ4n) is 2.38. The second-order valence-electron chi connectivity index (χ2n) is 7.71. The van der Waals surface area contributed by atoms with Crippen molar-refractivity contribution >= 4 is 25.3 Å². The molecule has 0 unspecified atom stereocenters. The van der Waals surface area contributed by atoms with Gasteiger partial charge < -0.3 is 9.33 Å². The standard InChI is InChI=1S/C20H31NOSSi/c1-7-21(14-15-22-24(5,6)20(2,3)4)18-12-10-17(11-13-18)19-9-8-16-23-19/h8-13,16H,7,14-15H2,1-6H3. The largest absolute Gasteiger partial charge is 0.415 e. The van der Waals surface area contributed by atoms with Gasteiger partial charge in [0.25, 0.3) is 0 Å². The molecule has 0 bridgehead atoms. The zero-order chi connectivity index (χ0) is 17.8. The van der Waals surface area contributed by atoms with Crippen molar-refractivity contribution < 1.29 is 4.43 Å². The maximum Gasteiger partial charge on any atom is 0.192 e. The monoisotopic (exact) mass is 361 g/mol. The molecule has 0 atom stereocenters. The Morgan fingerprint density at radius 2 is 1.75 bits per heavy atom. The summed E-state index contributed by atoms with van der Waals surface area (Å²) in [4.78, 5) is 3.72. The molecule has 24 heavy (non-hydrogen) atoms. The van der Waals surface area contributed by atoms with Crippen LogP contribution in [0, 0.1) is 0 Å². The van der Waals surface area contributed by atoms with E-state index in [9.17, 15) is 0 Å². The second-order valence-corrected chi connectivity index (χ2v) is 13.5. The Labute approximate surface area is 152 Å². The van der Waals surface area contributed by atoms with Crippen LogP contribution in [-0.2, 0) is 4.43 Å². The van der Waals surface area contributed by atoms with Crippen LogP contribution >= 0.6 is 11.3 Å². The fraction of sp³-hybridized carbons (Fsp3) is 0.500. The van der Waals surface area contributed by atoms with Crippen LogP contribution in [0.2, 0.25) is 18.1 Å². The summed E-state index contributed by atoms with van der Waals surface area (Å²) in [6.07, 6.45) is 0. The minimum atomic E-state index is -1.66. The minimum absolute atomic E-state index is 0.270. The summed E-state index contributed by atoms with van der Waals surface area (Å²) in [5, 5.41) is 2.40. The number of anilines is 1. The van der Waals surface area contributed by atoms with Crippen LogP contribution in [0.15, 0.2) is 41.8 Å². The first kappa shape index (κ1) is 19.2. The number of hydrogen-bond acceptors (Lipinski definition) is 3. The lowest BCUT2D eigenvalue weighted by Crippen LogP contribution is -2.42. The van der Waals surface area contributed by atoms with Gasteiger partial charge in [0.05, 0.1) is 6.61 Å². The molecule has 0 fully saturated rings. The van der Waals surface area contributed by atoms with Crippen LogP contribution in [0.4, 0.5) is 5.69 Å². The van der Waals surface area contributed by atoms with Gasteiger partial charge in [-0.05, 0) is 54.2 Å². The molecule has 0 aliphatic heterocycles. The highest BCUT2D eigenvalue weighted by Gasteiger charge is 2.36. The molecule has 2 nitrogen and oxygen atoms in total. The van der Waals surface area contributed by atoms with Crippen LogP contribution in [0.5, 0.6) is 0 Å². The van der Waals surface area contributed by atoms with Crippen LogP contribution < -0.4 is 4.90 Å². The quantitative estimate of drug-likeness (QED) is 0.539. The number of likely N-dealkylation sites (N-methyl/N-ethyl adjacent to an activating group) is 1. The van der Waals surface area contributed by atoms with Crippen molar-refractivity contribution in [1.29, 1.82) is 0 Å². The van der Waals surface area contributed by atoms with Crippen LogP contribution in [0.1, 0.15) is 27.7 Å². The topological polar surface area (TPSA) is 12.5 Å². The van der Waals surface area contributed by atoms with E-state index in [0.717, 1.165) is 19.7 Å². The molecular weight excluding hydrogens is 330 g/mol. The van der Waals surface area contributed by atoms with Crippen molar-refractivity contribution in [2.45, 2.75) is 45.8 Å². The Balaban J connectivity index is 1.96. The van der Waals surface area contributed by atoms with Crippen molar-refractivity contribution in [2.75, 3.05) is 24.6 Å². The molecule has 0 spiro atoms. The smallest absolute Gasteiger partial charge is 0.192 e. The van der Waals surface area contributed by atoms with E-state index in [1.165, 1.54) is 16.1 Å². The molecule has 2 rings (SSSR count). The summed E-state index contributed by atoms with van der Waals surface area (Å²) in [7, 11) is -1.66. The number of benzene rings is 1. The van der Waals surface area contributed by atoms with E-state index in [-0.39, 0.29) is 5.04 Å². The Hall–Kier alpha value is -1.10. The van der Waals surface area contributed by atoms with Gasteiger partial charge >= 0.3 is 0 Å². The SMILES string of the molecule is CCN(CCO[Si](C)(C)C(C)(C)C)c1ccc(-c2cccs2)cc1. The van der Waals surface area contributed by atoms with E-state index in [2.05, 4.69) is 87.5 Å². The zero-order valence-electron chi connectivity index (χ0n) is 15.9. The van der Waals surface area contributed by atoms with E-state index in [4.69, 9.17) is 4.43 Å². The van der Waals surface area contributed by atoms with Gasteiger partial charge in [-0.2, -0.15) is 0 Å². The molecule has 0 radical (unpaired) electrons. The maximum atomic E-state index is 6.33. The first-order valence-electron chi connectivity index (χ1n) is 8.77. The molecule has 1 aromatic carbocycles. The normalized spacial score (nSPS) is 12.4. The highest BCUT2D eigenvalue weighted by molar-refractivity contribution is 7.13. The van der Waals surface area contributed by atoms with Gasteiger partial charge in [0.15, 0.2) is 8.32 Å². The Kier molecular flexibility index (Phi) is 6.29. The number of nitrogens with zero attached hydrogens (tertiary/aromatic N) is 1. The highest BCUT2D eigenvalue weighted by Crippen LogP contribution is 2.36. The molecule has 0 saturated heterocycles. The van der Waals surface area contributed by atoms with E-state index >= 15 is 0 Å². The Bertz CT molecular complexity index is 614. The molecule has 4 heteroatoms. The Morgan fingerprint density at radius 3 is 2.25 bits per heavy atom. The van der Waals surface area contributed by atoms with E-state index in [1.54, 1.807) is 11.3 Å². The van der Waals surface area contributed by atoms with Gasteiger partial charge in [-0.15, -0.1) is 11.3 Å². The Morgan fingerprint density at radius 1 is 1.08 bits per heavy atom. The van der Waals surface area contributed by atoms with Crippen molar-refractivity contribution in [3.63, 3.8) is 0 Å². The van der Waals surface area contributed by atoms with Gasteiger partial charge in [-0.1, -0.05) is 39.0 Å². The lowest BCUT2D eigenvalue weighted by molar-refractivity contribution is 0.294. The summed E-state index contributed by atoms with van der Waals surface area (Å²) in [6, 6.07) is 13.2. The zero-order valence-corrected chi connectivity index (χ0v) is 17.7. The van der Waals surface area contributed by atoms with Gasteiger partial charge in [-0.3, -0.25) is 0 Å². The molecule has 132 valence electrons. The first-order chi connectivity index (χ1) is 11.2. The molecule has 0 N–H and O–H groups in total. The molecular formula is C20H31NOSSi. The van der Waals surface area contributed by atoms with Crippen LogP contribution in [0.3, 0.4) is 0 Å². The third kappa shape index (κ3) is 4.71. The molecule has 0 aliphatic carbocycles. The van der Waals surface area contributed by atoms with Gasteiger partial charge in [0.1, 0.15) is 0 Å². The predicted octanol–water partition coefficient (Wildman–Crippen LogP) is 6.26. The van der Waals surface area contributed by atoms with Gasteiger partial charge in [-0.25, -0.2) is 0 Å². The third-order valence-corrected chi connectivity index (χ3v) is 10.5. The fourth-order valence-corrected chi connectivity index (χ4v) is 4.14. The summed E-state index contributed by atoms with van der Waals surface area (Å²) >= 11 is 1.79. The molecule has 0 amide bonds. The van der Waals surface area contributed by atoms with E-state index in [0.29, 0.717) is 0 Å². The number of rotatable bonds is 7. The summed E-state index contributed by atoms with van der Waals surface area (Å²) < 4.78 is 6.33. The lowest BCUT2D eigenvalue weighted by atomic mass is 10.1. The number of thiophene rings is 1. The third-order valence-electron chi connectivity index (χ3n) is 5.05. The summed E-state index contributed by atoms with van der Waals surface area (Å²) in [5.41, 5.74) is 2.57. The molecule has 0 saturated carbocycles. The maximum absolute atomic E-state index is 6.33.